The first-order valence-corrected chi connectivity index (χ1v) is 14.6. The van der Waals surface area contributed by atoms with Crippen LogP contribution in [0, 0.1) is 11.3 Å². The SMILES string of the molecule is CCS(=O)(=O)C[C@H](C(C)C)N1C(=O)[C@@](C)(CC(=O)O)C[C@H](c2cccc(Cl)c2)[C@H]1c1ccc(Cl)cc1. The Morgan fingerprint density at radius 1 is 1.11 bits per heavy atom. The van der Waals surface area contributed by atoms with Crippen molar-refractivity contribution in [1.82, 2.24) is 4.90 Å². The average Bonchev–Trinajstić information content (AvgIpc) is 2.79. The van der Waals surface area contributed by atoms with Crippen LogP contribution >= 0.6 is 23.2 Å². The van der Waals surface area contributed by atoms with E-state index in [1.54, 1.807) is 36.9 Å². The molecule has 1 fully saturated rings. The van der Waals surface area contributed by atoms with Gasteiger partial charge in [0.15, 0.2) is 9.84 Å². The highest BCUT2D eigenvalue weighted by Crippen LogP contribution is 2.52. The molecule has 4 atom stereocenters. The van der Waals surface area contributed by atoms with E-state index in [4.69, 9.17) is 23.2 Å². The topological polar surface area (TPSA) is 91.8 Å². The molecule has 0 radical (unpaired) electrons. The molecule has 0 spiro atoms. The van der Waals surface area contributed by atoms with E-state index in [1.807, 2.05) is 44.2 Å². The van der Waals surface area contributed by atoms with Crippen molar-refractivity contribution in [2.45, 2.75) is 58.5 Å². The highest BCUT2D eigenvalue weighted by molar-refractivity contribution is 7.91. The van der Waals surface area contributed by atoms with Crippen molar-refractivity contribution in [2.24, 2.45) is 11.3 Å². The Morgan fingerprint density at radius 3 is 2.28 bits per heavy atom. The molecule has 1 heterocycles. The number of rotatable bonds is 9. The minimum Gasteiger partial charge on any atom is -0.481 e. The number of amides is 1. The number of carbonyl (C=O) groups is 2. The fourth-order valence-electron chi connectivity index (χ4n) is 5.22. The van der Waals surface area contributed by atoms with E-state index in [9.17, 15) is 23.1 Å². The molecule has 0 bridgehead atoms. The van der Waals surface area contributed by atoms with Crippen molar-refractivity contribution >= 4 is 44.9 Å². The van der Waals surface area contributed by atoms with Crippen LogP contribution in [0.4, 0.5) is 0 Å². The summed E-state index contributed by atoms with van der Waals surface area (Å²) in [4.78, 5) is 27.8. The van der Waals surface area contributed by atoms with Gasteiger partial charge in [-0.15, -0.1) is 0 Å². The third-order valence-electron chi connectivity index (χ3n) is 7.12. The summed E-state index contributed by atoms with van der Waals surface area (Å²) in [6.45, 7) is 7.03. The zero-order valence-corrected chi connectivity index (χ0v) is 23.3. The van der Waals surface area contributed by atoms with Crippen LogP contribution in [0.2, 0.25) is 10.0 Å². The Labute approximate surface area is 223 Å². The summed E-state index contributed by atoms with van der Waals surface area (Å²) < 4.78 is 25.6. The summed E-state index contributed by atoms with van der Waals surface area (Å²) >= 11 is 12.5. The minimum absolute atomic E-state index is 0.0476. The highest BCUT2D eigenvalue weighted by Gasteiger charge is 2.53. The van der Waals surface area contributed by atoms with Crippen molar-refractivity contribution in [3.05, 3.63) is 69.7 Å². The molecule has 6 nitrogen and oxygen atoms in total. The van der Waals surface area contributed by atoms with E-state index in [1.165, 1.54) is 0 Å². The van der Waals surface area contributed by atoms with E-state index < -0.39 is 33.3 Å². The lowest BCUT2D eigenvalue weighted by molar-refractivity contribution is -0.161. The predicted octanol–water partition coefficient (Wildman–Crippen LogP) is 5.99. The lowest BCUT2D eigenvalue weighted by Crippen LogP contribution is -2.58. The van der Waals surface area contributed by atoms with E-state index in [0.29, 0.717) is 10.0 Å². The Morgan fingerprint density at radius 2 is 1.75 bits per heavy atom. The molecule has 1 aliphatic heterocycles. The first-order chi connectivity index (χ1) is 16.8. The molecular weight excluding hydrogens is 521 g/mol. The standard InChI is InChI=1S/C27H33Cl2NO5S/c1-5-36(34,35)16-23(17(2)3)30-25(18-9-11-20(28)12-10-18)22(19-7-6-8-21(29)13-19)14-27(4,26(30)33)15-24(31)32/h6-13,17,22-23,25H,5,14-16H2,1-4H3,(H,31,32)/t22-,23-,25-,27-/m1/s1. The van der Waals surface area contributed by atoms with Crippen molar-refractivity contribution in [1.29, 1.82) is 0 Å². The molecule has 2 aromatic rings. The molecule has 9 heteroatoms. The number of carboxylic acid groups (broad SMARTS) is 1. The second-order valence-corrected chi connectivity index (χ2v) is 13.5. The molecule has 0 aromatic heterocycles. The number of sulfone groups is 1. The first-order valence-electron chi connectivity index (χ1n) is 12.0. The third kappa shape index (κ3) is 6.24. The Hall–Kier alpha value is -2.09. The van der Waals surface area contributed by atoms with Gasteiger partial charge in [0, 0.05) is 27.8 Å². The zero-order chi connectivity index (χ0) is 26.8. The summed E-state index contributed by atoms with van der Waals surface area (Å²) in [6.07, 6.45) is -0.0916. The maximum atomic E-state index is 14.2. The normalized spacial score (nSPS) is 23.6. The van der Waals surface area contributed by atoms with Crippen LogP contribution in [0.25, 0.3) is 0 Å². The smallest absolute Gasteiger partial charge is 0.304 e. The fourth-order valence-corrected chi connectivity index (χ4v) is 6.84. The lowest BCUT2D eigenvalue weighted by Gasteiger charge is -2.52. The van der Waals surface area contributed by atoms with Crippen molar-refractivity contribution in [2.75, 3.05) is 11.5 Å². The number of carboxylic acids is 1. The van der Waals surface area contributed by atoms with Crippen LogP contribution in [0.1, 0.15) is 63.6 Å². The molecule has 0 aliphatic carbocycles. The molecule has 1 amide bonds. The monoisotopic (exact) mass is 553 g/mol. The van der Waals surface area contributed by atoms with Gasteiger partial charge in [0.1, 0.15) is 0 Å². The quantitative estimate of drug-likeness (QED) is 0.411. The van der Waals surface area contributed by atoms with Gasteiger partial charge in [-0.3, -0.25) is 9.59 Å². The number of carbonyl (C=O) groups excluding carboxylic acids is 1. The summed E-state index contributed by atoms with van der Waals surface area (Å²) in [5.41, 5.74) is 0.428. The maximum absolute atomic E-state index is 14.2. The third-order valence-corrected chi connectivity index (χ3v) is 9.34. The summed E-state index contributed by atoms with van der Waals surface area (Å²) in [5.74, 6) is -2.21. The van der Waals surface area contributed by atoms with Crippen LogP contribution in [0.5, 0.6) is 0 Å². The average molecular weight is 555 g/mol. The number of piperidine rings is 1. The summed E-state index contributed by atoms with van der Waals surface area (Å²) in [7, 11) is -3.45. The van der Waals surface area contributed by atoms with Gasteiger partial charge in [0.25, 0.3) is 0 Å². The second-order valence-electron chi connectivity index (χ2n) is 10.2. The van der Waals surface area contributed by atoms with Gasteiger partial charge in [-0.05, 0) is 47.7 Å². The van der Waals surface area contributed by atoms with Gasteiger partial charge in [0.2, 0.25) is 5.91 Å². The highest BCUT2D eigenvalue weighted by atomic mass is 35.5. The molecule has 1 N–H and O–H groups in total. The second kappa shape index (κ2) is 11.1. The first kappa shape index (κ1) is 28.5. The number of halogens is 2. The molecule has 0 saturated carbocycles. The van der Waals surface area contributed by atoms with Crippen LogP contribution < -0.4 is 0 Å². The van der Waals surface area contributed by atoms with E-state index in [2.05, 4.69) is 0 Å². The summed E-state index contributed by atoms with van der Waals surface area (Å²) in [6, 6.07) is 13.3. The largest absolute Gasteiger partial charge is 0.481 e. The number of hydrogen-bond acceptors (Lipinski definition) is 4. The van der Waals surface area contributed by atoms with Crippen LogP contribution in [-0.2, 0) is 19.4 Å². The van der Waals surface area contributed by atoms with E-state index in [0.717, 1.165) is 11.1 Å². The van der Waals surface area contributed by atoms with Crippen molar-refractivity contribution in [3.63, 3.8) is 0 Å². The molecule has 3 rings (SSSR count). The molecule has 36 heavy (non-hydrogen) atoms. The van der Waals surface area contributed by atoms with Gasteiger partial charge < -0.3 is 10.0 Å². The molecule has 2 aromatic carbocycles. The number of benzene rings is 2. The Kier molecular flexibility index (Phi) is 8.79. The lowest BCUT2D eigenvalue weighted by atomic mass is 9.66. The van der Waals surface area contributed by atoms with Crippen LogP contribution in [0.15, 0.2) is 48.5 Å². The zero-order valence-electron chi connectivity index (χ0n) is 20.9. The Balaban J connectivity index is 2.30. The number of hydrogen-bond donors (Lipinski definition) is 1. The molecule has 1 saturated heterocycles. The number of likely N-dealkylation sites (tertiary alicyclic amines) is 1. The van der Waals surface area contributed by atoms with E-state index >= 15 is 0 Å². The molecule has 196 valence electrons. The predicted molar refractivity (Wildman–Crippen MR) is 143 cm³/mol. The molecular formula is C27H33Cl2NO5S. The van der Waals surface area contributed by atoms with Crippen LogP contribution in [0.3, 0.4) is 0 Å². The van der Waals surface area contributed by atoms with Gasteiger partial charge in [-0.25, -0.2) is 8.42 Å². The maximum Gasteiger partial charge on any atom is 0.304 e. The fraction of sp³-hybridized carbons (Fsp3) is 0.481. The Bertz CT molecular complexity index is 1210. The van der Waals surface area contributed by atoms with E-state index in [-0.39, 0.29) is 42.1 Å². The van der Waals surface area contributed by atoms with Crippen LogP contribution in [-0.4, -0.2) is 47.8 Å². The molecule has 1 aliphatic rings. The van der Waals surface area contributed by atoms with Gasteiger partial charge in [0.05, 0.1) is 23.6 Å². The van der Waals surface area contributed by atoms with Crippen molar-refractivity contribution < 1.29 is 23.1 Å². The number of nitrogens with zero attached hydrogens (tertiary/aromatic N) is 1. The molecule has 0 unspecified atom stereocenters. The minimum atomic E-state index is -3.45. The van der Waals surface area contributed by atoms with Crippen molar-refractivity contribution in [3.8, 4) is 0 Å². The van der Waals surface area contributed by atoms with Gasteiger partial charge in [-0.1, -0.05) is 75.2 Å². The number of aliphatic carboxylic acids is 1. The summed E-state index contributed by atoms with van der Waals surface area (Å²) in [5, 5.41) is 10.8. The van der Waals surface area contributed by atoms with Gasteiger partial charge >= 0.3 is 5.97 Å². The van der Waals surface area contributed by atoms with Gasteiger partial charge in [-0.2, -0.15) is 0 Å².